The van der Waals surface area contributed by atoms with Crippen LogP contribution < -0.4 is 10.1 Å². The van der Waals surface area contributed by atoms with Gasteiger partial charge in [0, 0.05) is 25.7 Å². The number of nitrogens with zero attached hydrogens (tertiary/aromatic N) is 2. The van der Waals surface area contributed by atoms with E-state index in [-0.39, 0.29) is 21.5 Å². The number of halogens is 2. The summed E-state index contributed by atoms with van der Waals surface area (Å²) in [4.78, 5) is 17.3. The highest BCUT2D eigenvalue weighted by Gasteiger charge is 2.20. The molecule has 8 heteroatoms. The fourth-order valence-electron chi connectivity index (χ4n) is 2.23. The first-order valence-corrected chi connectivity index (χ1v) is 7.36. The summed E-state index contributed by atoms with van der Waals surface area (Å²) >= 11 is 11.7. The molecule has 0 aromatic carbocycles. The fraction of sp³-hybridized carbons (Fsp3) is 0.538. The summed E-state index contributed by atoms with van der Waals surface area (Å²) in [5, 5.41) is 12.4. The molecule has 1 aliphatic heterocycles. The lowest BCUT2D eigenvalue weighted by Gasteiger charge is -2.30. The zero-order valence-electron chi connectivity index (χ0n) is 11.6. The van der Waals surface area contributed by atoms with Gasteiger partial charge in [0.15, 0.2) is 0 Å². The third kappa shape index (κ3) is 4.20. The van der Waals surface area contributed by atoms with E-state index >= 15 is 0 Å². The zero-order chi connectivity index (χ0) is 15.4. The molecule has 2 heterocycles. The lowest BCUT2D eigenvalue weighted by molar-refractivity contribution is 0.0696. The quantitative estimate of drug-likeness (QED) is 0.855. The number of piperazine rings is 1. The van der Waals surface area contributed by atoms with E-state index in [1.54, 1.807) is 0 Å². The molecule has 1 fully saturated rings. The van der Waals surface area contributed by atoms with Crippen LogP contribution in [0.2, 0.25) is 10.0 Å². The van der Waals surface area contributed by atoms with Gasteiger partial charge in [0.1, 0.15) is 10.6 Å². The summed E-state index contributed by atoms with van der Waals surface area (Å²) in [6.07, 6.45) is 2.02. The van der Waals surface area contributed by atoms with Gasteiger partial charge in [-0.05, 0) is 13.5 Å². The van der Waals surface area contributed by atoms with Crippen molar-refractivity contribution in [1.82, 2.24) is 15.2 Å². The Balaban J connectivity index is 1.94. The predicted molar refractivity (Wildman–Crippen MR) is 80.6 cm³/mol. The number of aromatic carboxylic acids is 1. The van der Waals surface area contributed by atoms with Crippen LogP contribution in [0.5, 0.6) is 5.88 Å². The monoisotopic (exact) mass is 333 g/mol. The number of carboxylic acid groups (broad SMARTS) is 1. The Labute approximate surface area is 133 Å². The van der Waals surface area contributed by atoms with E-state index in [1.807, 2.05) is 0 Å². The first-order chi connectivity index (χ1) is 9.99. The van der Waals surface area contributed by atoms with E-state index in [1.165, 1.54) is 6.20 Å². The van der Waals surface area contributed by atoms with Crippen LogP contribution in [0.4, 0.5) is 0 Å². The number of hydrogen-bond acceptors (Lipinski definition) is 5. The van der Waals surface area contributed by atoms with Crippen molar-refractivity contribution in [2.24, 2.45) is 0 Å². The van der Waals surface area contributed by atoms with Crippen molar-refractivity contribution in [3.8, 4) is 5.88 Å². The molecular formula is C13H17Cl2N3O3. The summed E-state index contributed by atoms with van der Waals surface area (Å²) in [5.41, 5.74) is -0.182. The Morgan fingerprint density at radius 1 is 1.62 bits per heavy atom. The molecule has 0 radical (unpaired) electrons. The minimum Gasteiger partial charge on any atom is -0.478 e. The van der Waals surface area contributed by atoms with Crippen molar-refractivity contribution in [3.05, 3.63) is 21.8 Å². The van der Waals surface area contributed by atoms with Gasteiger partial charge in [-0.2, -0.15) is 0 Å². The number of likely N-dealkylation sites (N-methyl/N-ethyl adjacent to an activating group) is 1. The maximum atomic E-state index is 11.1. The van der Waals surface area contributed by atoms with Crippen LogP contribution in [0.3, 0.4) is 0 Å². The minimum absolute atomic E-state index is 0.00424. The number of carboxylic acids is 1. The number of ether oxygens (including phenoxy) is 1. The number of pyridine rings is 1. The van der Waals surface area contributed by atoms with Crippen molar-refractivity contribution in [2.45, 2.75) is 12.5 Å². The molecule has 1 aliphatic rings. The molecule has 0 amide bonds. The molecule has 6 nitrogen and oxygen atoms in total. The number of rotatable bonds is 5. The van der Waals surface area contributed by atoms with Crippen LogP contribution in [0.15, 0.2) is 6.20 Å². The van der Waals surface area contributed by atoms with Crippen LogP contribution >= 0.6 is 23.2 Å². The maximum Gasteiger partial charge on any atom is 0.339 e. The normalized spacial score (nSPS) is 19.5. The SMILES string of the molecule is CN1CCNC(CCOc2ncc(Cl)c(C(=O)O)c2Cl)C1. The van der Waals surface area contributed by atoms with E-state index in [2.05, 4.69) is 22.2 Å². The molecule has 1 saturated heterocycles. The van der Waals surface area contributed by atoms with E-state index in [9.17, 15) is 4.79 Å². The topological polar surface area (TPSA) is 74.7 Å². The van der Waals surface area contributed by atoms with Gasteiger partial charge in [-0.15, -0.1) is 0 Å². The Morgan fingerprint density at radius 3 is 3.05 bits per heavy atom. The summed E-state index contributed by atoms with van der Waals surface area (Å²) < 4.78 is 5.50. The van der Waals surface area contributed by atoms with E-state index in [4.69, 9.17) is 33.0 Å². The van der Waals surface area contributed by atoms with Crippen LogP contribution in [-0.2, 0) is 0 Å². The predicted octanol–water partition coefficient (Wildman–Crippen LogP) is 1.76. The highest BCUT2D eigenvalue weighted by Crippen LogP contribution is 2.31. The van der Waals surface area contributed by atoms with Gasteiger partial charge >= 0.3 is 5.97 Å². The standard InChI is InChI=1S/C13H17Cl2N3O3/c1-18-4-3-16-8(7-18)2-5-21-12-11(15)10(13(19)20)9(14)6-17-12/h6,8,16H,2-5,7H2,1H3,(H,19,20). The molecule has 1 unspecified atom stereocenters. The fourth-order valence-corrected chi connectivity index (χ4v) is 2.79. The molecule has 0 saturated carbocycles. The molecule has 0 spiro atoms. The Kier molecular flexibility index (Phi) is 5.64. The highest BCUT2D eigenvalue weighted by molar-refractivity contribution is 6.39. The molecule has 0 bridgehead atoms. The van der Waals surface area contributed by atoms with Gasteiger partial charge in [0.25, 0.3) is 0 Å². The van der Waals surface area contributed by atoms with Gasteiger partial charge in [-0.3, -0.25) is 0 Å². The molecule has 1 aromatic rings. The van der Waals surface area contributed by atoms with Gasteiger partial charge in [0.05, 0.1) is 17.8 Å². The van der Waals surface area contributed by atoms with Gasteiger partial charge in [0.2, 0.25) is 5.88 Å². The molecule has 1 atom stereocenters. The van der Waals surface area contributed by atoms with Crippen molar-refractivity contribution in [1.29, 1.82) is 0 Å². The number of carbonyl (C=O) groups is 1. The molecule has 1 aromatic heterocycles. The summed E-state index contributed by atoms with van der Waals surface area (Å²) in [6.45, 7) is 3.33. The first kappa shape index (κ1) is 16.3. The number of nitrogens with one attached hydrogen (secondary N) is 1. The van der Waals surface area contributed by atoms with Gasteiger partial charge in [-0.25, -0.2) is 9.78 Å². The zero-order valence-corrected chi connectivity index (χ0v) is 13.1. The van der Waals surface area contributed by atoms with Crippen molar-refractivity contribution in [3.63, 3.8) is 0 Å². The summed E-state index contributed by atoms with van der Waals surface area (Å²) in [5.74, 6) is -1.10. The van der Waals surface area contributed by atoms with E-state index in [0.29, 0.717) is 12.6 Å². The van der Waals surface area contributed by atoms with Gasteiger partial charge < -0.3 is 20.1 Å². The van der Waals surface area contributed by atoms with Crippen LogP contribution in [0.25, 0.3) is 0 Å². The van der Waals surface area contributed by atoms with E-state index in [0.717, 1.165) is 26.1 Å². The van der Waals surface area contributed by atoms with E-state index < -0.39 is 5.97 Å². The summed E-state index contributed by atoms with van der Waals surface area (Å²) in [7, 11) is 2.07. The molecule has 116 valence electrons. The van der Waals surface area contributed by atoms with Gasteiger partial charge in [-0.1, -0.05) is 23.2 Å². The van der Waals surface area contributed by atoms with Crippen molar-refractivity contribution in [2.75, 3.05) is 33.3 Å². The Bertz CT molecular complexity index is 528. The first-order valence-electron chi connectivity index (χ1n) is 6.61. The van der Waals surface area contributed by atoms with Crippen LogP contribution in [0, 0.1) is 0 Å². The van der Waals surface area contributed by atoms with Crippen LogP contribution in [0.1, 0.15) is 16.8 Å². The molecular weight excluding hydrogens is 317 g/mol. The second kappa shape index (κ2) is 7.26. The maximum absolute atomic E-state index is 11.1. The molecule has 0 aliphatic carbocycles. The third-order valence-corrected chi connectivity index (χ3v) is 3.96. The summed E-state index contributed by atoms with van der Waals surface area (Å²) in [6, 6.07) is 0.341. The second-order valence-electron chi connectivity index (χ2n) is 4.96. The van der Waals surface area contributed by atoms with Crippen molar-refractivity contribution < 1.29 is 14.6 Å². The lowest BCUT2D eigenvalue weighted by atomic mass is 10.1. The molecule has 2 N–H and O–H groups in total. The molecule has 2 rings (SSSR count). The van der Waals surface area contributed by atoms with Crippen molar-refractivity contribution >= 4 is 29.2 Å². The second-order valence-corrected chi connectivity index (χ2v) is 5.74. The highest BCUT2D eigenvalue weighted by atomic mass is 35.5. The van der Waals surface area contributed by atoms with Crippen LogP contribution in [-0.4, -0.2) is 60.3 Å². The smallest absolute Gasteiger partial charge is 0.339 e. The Hall–Kier alpha value is -1.08. The average Bonchev–Trinajstić information content (AvgIpc) is 2.41. The third-order valence-electron chi connectivity index (χ3n) is 3.32. The minimum atomic E-state index is -1.20. The number of hydrogen-bond donors (Lipinski definition) is 2. The lowest BCUT2D eigenvalue weighted by Crippen LogP contribution is -2.49. The molecule has 21 heavy (non-hydrogen) atoms. The number of aromatic nitrogens is 1. The average molecular weight is 334 g/mol. The Morgan fingerprint density at radius 2 is 2.38 bits per heavy atom. The largest absolute Gasteiger partial charge is 0.478 e.